The number of aryl methyl sites for hydroxylation is 1. The number of para-hydroxylation sites is 1. The van der Waals surface area contributed by atoms with E-state index in [1.165, 1.54) is 11.6 Å². The van der Waals surface area contributed by atoms with E-state index >= 15 is 0 Å². The summed E-state index contributed by atoms with van der Waals surface area (Å²) in [5, 5.41) is 12.6. The van der Waals surface area contributed by atoms with E-state index in [2.05, 4.69) is 21.0 Å². The van der Waals surface area contributed by atoms with Crippen molar-refractivity contribution in [3.05, 3.63) is 41.6 Å². The molecule has 10 heteroatoms. The molecule has 2 amide bonds. The van der Waals surface area contributed by atoms with E-state index < -0.39 is 17.6 Å². The van der Waals surface area contributed by atoms with Crippen LogP contribution in [0.4, 0.5) is 19.4 Å². The molecule has 0 aliphatic carbocycles. The lowest BCUT2D eigenvalue weighted by atomic mass is 10.2. The fraction of sp³-hybridized carbons (Fsp3) is 0.474. The topological polar surface area (TPSA) is 106 Å². The van der Waals surface area contributed by atoms with Crippen molar-refractivity contribution in [2.75, 3.05) is 32.1 Å². The number of aromatic nitrogens is 2. The average Bonchev–Trinajstić information content (AvgIpc) is 3.01. The van der Waals surface area contributed by atoms with Crippen LogP contribution in [0.15, 0.2) is 30.3 Å². The Morgan fingerprint density at radius 2 is 2.03 bits per heavy atom. The van der Waals surface area contributed by atoms with E-state index in [1.54, 1.807) is 37.4 Å². The Hall–Kier alpha value is -2.56. The summed E-state index contributed by atoms with van der Waals surface area (Å²) in [4.78, 5) is 12.5. The van der Waals surface area contributed by atoms with Crippen molar-refractivity contribution in [2.24, 2.45) is 5.73 Å². The Labute approximate surface area is 168 Å². The van der Waals surface area contributed by atoms with Crippen LogP contribution < -0.4 is 21.7 Å². The molecule has 0 aliphatic heterocycles. The number of carbonyl (C=O) groups excluding carboxylic acids is 1. The Morgan fingerprint density at radius 1 is 1.34 bits per heavy atom. The second-order valence-electron chi connectivity index (χ2n) is 6.58. The molecule has 160 valence electrons. The van der Waals surface area contributed by atoms with Gasteiger partial charge in [-0.1, -0.05) is 25.1 Å². The zero-order valence-corrected chi connectivity index (χ0v) is 16.8. The van der Waals surface area contributed by atoms with Crippen LogP contribution in [0.3, 0.4) is 0 Å². The number of hydrogen-bond acceptors (Lipinski definition) is 5. The summed E-state index contributed by atoms with van der Waals surface area (Å²) in [6.45, 7) is 5.05. The summed E-state index contributed by atoms with van der Waals surface area (Å²) in [5.41, 5.74) is 5.10. The summed E-state index contributed by atoms with van der Waals surface area (Å²) < 4.78 is 34.3. The number of urea groups is 1. The maximum absolute atomic E-state index is 14.1. The standard InChI is InChI=1S/C19H28F2N6O2/c1-4-14(12-23-10-11-29-3)24-18(28)25-17-16(19(20,21)22)13(2)26-27(17)15-8-6-5-7-9-15/h5-9,14,23H,4,10-12,22H2,1-3H3,(H2,24,25,28)/t14-/m0/s1. The molecule has 0 spiro atoms. The predicted molar refractivity (Wildman–Crippen MR) is 107 cm³/mol. The van der Waals surface area contributed by atoms with E-state index in [-0.39, 0.29) is 17.6 Å². The first kappa shape index (κ1) is 22.7. The van der Waals surface area contributed by atoms with Crippen molar-refractivity contribution in [1.82, 2.24) is 20.4 Å². The van der Waals surface area contributed by atoms with Crippen molar-refractivity contribution < 1.29 is 18.3 Å². The Morgan fingerprint density at radius 3 is 2.62 bits per heavy atom. The molecule has 0 radical (unpaired) electrons. The molecule has 1 atom stereocenters. The van der Waals surface area contributed by atoms with Gasteiger partial charge in [0.05, 0.1) is 18.0 Å². The molecule has 1 aromatic heterocycles. The number of benzene rings is 1. The number of rotatable bonds is 10. The van der Waals surface area contributed by atoms with Gasteiger partial charge in [-0.15, -0.1) is 0 Å². The number of amides is 2. The minimum Gasteiger partial charge on any atom is -0.383 e. The predicted octanol–water partition coefficient (Wildman–Crippen LogP) is 2.32. The summed E-state index contributed by atoms with van der Waals surface area (Å²) in [7, 11) is 1.60. The Balaban J connectivity index is 2.22. The van der Waals surface area contributed by atoms with Crippen molar-refractivity contribution in [3.8, 4) is 5.69 Å². The van der Waals surface area contributed by atoms with Gasteiger partial charge >= 0.3 is 12.1 Å². The van der Waals surface area contributed by atoms with Crippen LogP contribution in [0.2, 0.25) is 0 Å². The summed E-state index contributed by atoms with van der Waals surface area (Å²) in [6.07, 6.45) is 0.657. The second kappa shape index (κ2) is 10.3. The van der Waals surface area contributed by atoms with E-state index in [4.69, 9.17) is 10.5 Å². The van der Waals surface area contributed by atoms with Crippen molar-refractivity contribution in [1.29, 1.82) is 0 Å². The molecule has 0 unspecified atom stereocenters. The van der Waals surface area contributed by atoms with Crippen molar-refractivity contribution in [3.63, 3.8) is 0 Å². The molecule has 0 saturated carbocycles. The van der Waals surface area contributed by atoms with Crippen LogP contribution in [0.5, 0.6) is 0 Å². The van der Waals surface area contributed by atoms with Crippen LogP contribution in [-0.2, 0) is 10.8 Å². The first-order valence-electron chi connectivity index (χ1n) is 9.37. The van der Waals surface area contributed by atoms with Crippen molar-refractivity contribution >= 4 is 11.8 Å². The molecule has 29 heavy (non-hydrogen) atoms. The third-order valence-electron chi connectivity index (χ3n) is 4.33. The monoisotopic (exact) mass is 410 g/mol. The minimum atomic E-state index is -3.66. The summed E-state index contributed by atoms with van der Waals surface area (Å²) in [6, 6.07) is 4.21. The third kappa shape index (κ3) is 6.21. The zero-order valence-electron chi connectivity index (χ0n) is 16.8. The smallest absolute Gasteiger partial charge is 0.332 e. The Bertz CT molecular complexity index is 792. The van der Waals surface area contributed by atoms with Crippen molar-refractivity contribution in [2.45, 2.75) is 32.4 Å². The molecule has 5 N–H and O–H groups in total. The molecule has 8 nitrogen and oxygen atoms in total. The number of nitrogens with zero attached hydrogens (tertiary/aromatic N) is 2. The van der Waals surface area contributed by atoms with E-state index in [9.17, 15) is 13.6 Å². The van der Waals surface area contributed by atoms with Gasteiger partial charge < -0.3 is 15.4 Å². The lowest BCUT2D eigenvalue weighted by Crippen LogP contribution is -2.44. The zero-order chi connectivity index (χ0) is 21.4. The minimum absolute atomic E-state index is 0.0323. The fourth-order valence-corrected chi connectivity index (χ4v) is 2.87. The van der Waals surface area contributed by atoms with Gasteiger partial charge in [-0.05, 0) is 25.5 Å². The van der Waals surface area contributed by atoms with E-state index in [1.807, 2.05) is 6.92 Å². The number of alkyl halides is 2. The van der Waals surface area contributed by atoms with Gasteiger partial charge in [0.25, 0.3) is 0 Å². The van der Waals surface area contributed by atoms with Crippen LogP contribution in [0.25, 0.3) is 5.69 Å². The molecule has 0 bridgehead atoms. The second-order valence-corrected chi connectivity index (χ2v) is 6.58. The number of nitrogens with one attached hydrogen (secondary N) is 3. The van der Waals surface area contributed by atoms with Gasteiger partial charge in [0.15, 0.2) is 0 Å². The van der Waals surface area contributed by atoms with Gasteiger partial charge in [0.2, 0.25) is 0 Å². The maximum atomic E-state index is 14.1. The highest BCUT2D eigenvalue weighted by Gasteiger charge is 2.36. The van der Waals surface area contributed by atoms with Crippen LogP contribution in [0.1, 0.15) is 24.6 Å². The highest BCUT2D eigenvalue weighted by molar-refractivity contribution is 5.90. The van der Waals surface area contributed by atoms with E-state index in [0.717, 1.165) is 0 Å². The normalized spacial score (nSPS) is 12.6. The number of carbonyl (C=O) groups is 1. The van der Waals surface area contributed by atoms with Gasteiger partial charge in [-0.3, -0.25) is 11.1 Å². The van der Waals surface area contributed by atoms with Gasteiger partial charge in [-0.2, -0.15) is 13.9 Å². The largest absolute Gasteiger partial charge is 0.383 e. The SMILES string of the molecule is CC[C@@H](CNCCOC)NC(=O)Nc1c(C(N)(F)F)c(C)nn1-c1ccccc1. The lowest BCUT2D eigenvalue weighted by molar-refractivity contribution is 0.00314. The summed E-state index contributed by atoms with van der Waals surface area (Å²) >= 11 is 0. The van der Waals surface area contributed by atoms with Gasteiger partial charge in [0, 0.05) is 26.2 Å². The van der Waals surface area contributed by atoms with Gasteiger partial charge in [-0.25, -0.2) is 9.48 Å². The van der Waals surface area contributed by atoms with Gasteiger partial charge in [0.1, 0.15) is 11.4 Å². The number of methoxy groups -OCH3 is 1. The molecule has 2 aromatic rings. The Kier molecular flexibility index (Phi) is 8.06. The summed E-state index contributed by atoms with van der Waals surface area (Å²) in [5.74, 6) is -0.166. The molecule has 0 saturated heterocycles. The number of hydrogen-bond donors (Lipinski definition) is 4. The molecule has 0 aliphatic rings. The number of halogens is 2. The molecule has 1 aromatic carbocycles. The quantitative estimate of drug-likeness (QED) is 0.355. The first-order valence-corrected chi connectivity index (χ1v) is 9.37. The molecule has 1 heterocycles. The number of ether oxygens (including phenoxy) is 1. The first-order chi connectivity index (χ1) is 13.8. The molecular weight excluding hydrogens is 382 g/mol. The lowest BCUT2D eigenvalue weighted by Gasteiger charge is -2.20. The van der Waals surface area contributed by atoms with E-state index in [0.29, 0.717) is 31.8 Å². The maximum Gasteiger partial charge on any atom is 0.332 e. The highest BCUT2D eigenvalue weighted by Crippen LogP contribution is 2.33. The molecular formula is C19H28F2N6O2. The number of anilines is 1. The van der Waals surface area contributed by atoms with Crippen LogP contribution >= 0.6 is 0 Å². The molecule has 2 rings (SSSR count). The third-order valence-corrected chi connectivity index (χ3v) is 4.33. The van der Waals surface area contributed by atoms with Crippen LogP contribution in [0, 0.1) is 6.92 Å². The molecule has 0 fully saturated rings. The number of nitrogens with two attached hydrogens (primary N) is 1. The van der Waals surface area contributed by atoms with Crippen LogP contribution in [-0.4, -0.2) is 48.7 Å². The fourth-order valence-electron chi connectivity index (χ4n) is 2.87. The highest BCUT2D eigenvalue weighted by atomic mass is 19.3. The average molecular weight is 410 g/mol.